The minimum absolute atomic E-state index is 0.371. The van der Waals surface area contributed by atoms with Crippen molar-refractivity contribution in [3.8, 4) is 0 Å². The Labute approximate surface area is 205 Å². The van der Waals surface area contributed by atoms with Gasteiger partial charge in [-0.3, -0.25) is 0 Å². The minimum Gasteiger partial charge on any atom is -0.126 e. The van der Waals surface area contributed by atoms with Gasteiger partial charge in [-0.05, 0) is 18.4 Å². The average Bonchev–Trinajstić information content (AvgIpc) is 2.70. The highest BCUT2D eigenvalue weighted by Crippen LogP contribution is 2.41. The molecule has 0 saturated carbocycles. The number of hydrogen-bond donors (Lipinski definition) is 0. The predicted octanol–water partition coefficient (Wildman–Crippen LogP) is 12.0. The second-order valence-electron chi connectivity index (χ2n) is 9.53. The van der Waals surface area contributed by atoms with Crippen molar-refractivity contribution in [1.29, 1.82) is 0 Å². The van der Waals surface area contributed by atoms with Crippen LogP contribution in [0.15, 0.2) is 0 Å². The standard InChI is InChI=1S/C26H53Cl3Si/c1-3-5-7-9-10-11-12-13-14-15-16-17-18-19-21-23-25-26(30(27,28)29)24-22-20-8-6-4-2/h26H,3-25H2,1-2H3. The van der Waals surface area contributed by atoms with Crippen LogP contribution >= 0.6 is 33.2 Å². The Bertz CT molecular complexity index is 331. The van der Waals surface area contributed by atoms with Crippen LogP contribution in [0.25, 0.3) is 0 Å². The summed E-state index contributed by atoms with van der Waals surface area (Å²) in [5.41, 5.74) is 0.371. The van der Waals surface area contributed by atoms with Crippen molar-refractivity contribution in [2.45, 2.75) is 167 Å². The van der Waals surface area contributed by atoms with E-state index in [-0.39, 0.29) is 0 Å². The Hall–Kier alpha value is 1.09. The van der Waals surface area contributed by atoms with Crippen molar-refractivity contribution in [3.05, 3.63) is 0 Å². The monoisotopic (exact) mass is 498 g/mol. The van der Waals surface area contributed by atoms with Gasteiger partial charge in [-0.25, -0.2) is 0 Å². The fourth-order valence-corrected chi connectivity index (χ4v) is 7.43. The first-order valence-corrected chi connectivity index (χ1v) is 18.7. The third-order valence-corrected chi connectivity index (χ3v) is 10.8. The third-order valence-electron chi connectivity index (χ3n) is 6.53. The van der Waals surface area contributed by atoms with Gasteiger partial charge in [-0.2, -0.15) is 0 Å². The average molecular weight is 500 g/mol. The second-order valence-corrected chi connectivity index (χ2v) is 18.5. The molecule has 0 aliphatic heterocycles. The Morgan fingerprint density at radius 3 is 0.867 bits per heavy atom. The molecule has 0 rings (SSSR count). The normalized spacial score (nSPS) is 13.1. The first-order valence-electron chi connectivity index (χ1n) is 13.6. The van der Waals surface area contributed by atoms with Crippen LogP contribution in [0.3, 0.4) is 0 Å². The fourth-order valence-electron chi connectivity index (χ4n) is 4.40. The van der Waals surface area contributed by atoms with Crippen LogP contribution in [0.5, 0.6) is 0 Å². The van der Waals surface area contributed by atoms with Crippen molar-refractivity contribution in [3.63, 3.8) is 0 Å². The zero-order chi connectivity index (χ0) is 22.3. The molecule has 0 fully saturated rings. The third kappa shape index (κ3) is 22.3. The van der Waals surface area contributed by atoms with E-state index in [0.717, 1.165) is 12.8 Å². The summed E-state index contributed by atoms with van der Waals surface area (Å²) in [6.45, 7) is 4.55. The van der Waals surface area contributed by atoms with E-state index < -0.39 is 6.00 Å². The van der Waals surface area contributed by atoms with Crippen LogP contribution in [-0.2, 0) is 0 Å². The molecule has 0 N–H and O–H groups in total. The lowest BCUT2D eigenvalue weighted by Crippen LogP contribution is -2.20. The first-order chi connectivity index (χ1) is 14.5. The lowest BCUT2D eigenvalue weighted by atomic mass is 10.0. The zero-order valence-electron chi connectivity index (χ0n) is 20.5. The lowest BCUT2D eigenvalue weighted by molar-refractivity contribution is 0.516. The van der Waals surface area contributed by atoms with Crippen LogP contribution in [-0.4, -0.2) is 6.00 Å². The van der Waals surface area contributed by atoms with Crippen molar-refractivity contribution >= 4 is 39.2 Å². The van der Waals surface area contributed by atoms with Gasteiger partial charge in [0, 0.05) is 0 Å². The van der Waals surface area contributed by atoms with Crippen LogP contribution in [0.2, 0.25) is 5.54 Å². The van der Waals surface area contributed by atoms with Gasteiger partial charge in [-0.1, -0.05) is 149 Å². The maximum atomic E-state index is 6.38. The molecular formula is C26H53Cl3Si. The molecule has 0 aromatic heterocycles. The molecule has 182 valence electrons. The number of rotatable bonds is 24. The summed E-state index contributed by atoms with van der Waals surface area (Å²) in [5.74, 6) is 0. The molecule has 0 radical (unpaired) electrons. The van der Waals surface area contributed by atoms with Crippen LogP contribution in [0.4, 0.5) is 0 Å². The largest absolute Gasteiger partial charge is 0.344 e. The van der Waals surface area contributed by atoms with Crippen molar-refractivity contribution in [1.82, 2.24) is 0 Å². The molecule has 0 spiro atoms. The molecule has 0 bridgehead atoms. The SMILES string of the molecule is CCCCCCCCCCCCCCCCCCC(CCCCCCC)[Si](Cl)(Cl)Cl. The van der Waals surface area contributed by atoms with E-state index in [0.29, 0.717) is 5.54 Å². The van der Waals surface area contributed by atoms with Gasteiger partial charge in [0.25, 0.3) is 0 Å². The maximum absolute atomic E-state index is 6.38. The molecule has 1 unspecified atom stereocenters. The lowest BCUT2D eigenvalue weighted by Gasteiger charge is -2.22. The minimum atomic E-state index is -2.55. The summed E-state index contributed by atoms with van der Waals surface area (Å²) in [4.78, 5) is 0. The van der Waals surface area contributed by atoms with Gasteiger partial charge >= 0.3 is 6.00 Å². The Balaban J connectivity index is 3.44. The molecule has 4 heteroatoms. The van der Waals surface area contributed by atoms with E-state index >= 15 is 0 Å². The van der Waals surface area contributed by atoms with E-state index in [1.165, 1.54) is 135 Å². The summed E-state index contributed by atoms with van der Waals surface area (Å²) >= 11 is 19.1. The van der Waals surface area contributed by atoms with E-state index in [9.17, 15) is 0 Å². The predicted molar refractivity (Wildman–Crippen MR) is 145 cm³/mol. The number of halogens is 3. The van der Waals surface area contributed by atoms with Crippen molar-refractivity contribution in [2.24, 2.45) is 0 Å². The molecule has 0 saturated heterocycles. The highest BCUT2D eigenvalue weighted by Gasteiger charge is 2.35. The molecule has 0 nitrogen and oxygen atoms in total. The maximum Gasteiger partial charge on any atom is 0.344 e. The smallest absolute Gasteiger partial charge is 0.126 e. The Kier molecular flexibility index (Phi) is 24.1. The molecule has 0 aliphatic rings. The van der Waals surface area contributed by atoms with E-state index in [1.807, 2.05) is 0 Å². The molecular weight excluding hydrogens is 447 g/mol. The first kappa shape index (κ1) is 31.1. The number of unbranched alkanes of at least 4 members (excludes halogenated alkanes) is 19. The fraction of sp³-hybridized carbons (Fsp3) is 1.00. The molecule has 0 aromatic rings. The Morgan fingerprint density at radius 2 is 0.633 bits per heavy atom. The summed E-state index contributed by atoms with van der Waals surface area (Å²) in [6.07, 6.45) is 31.3. The quantitative estimate of drug-likeness (QED) is 0.0703. The second kappa shape index (κ2) is 23.3. The van der Waals surface area contributed by atoms with Crippen molar-refractivity contribution in [2.75, 3.05) is 0 Å². The molecule has 1 atom stereocenters. The van der Waals surface area contributed by atoms with Gasteiger partial charge < -0.3 is 0 Å². The molecule has 0 aliphatic carbocycles. The highest BCUT2D eigenvalue weighted by atomic mass is 35.8. The van der Waals surface area contributed by atoms with Gasteiger partial charge in [0.2, 0.25) is 0 Å². The zero-order valence-corrected chi connectivity index (χ0v) is 23.7. The van der Waals surface area contributed by atoms with Gasteiger partial charge in [0.1, 0.15) is 0 Å². The van der Waals surface area contributed by atoms with Crippen molar-refractivity contribution < 1.29 is 0 Å². The highest BCUT2D eigenvalue weighted by molar-refractivity contribution is 7.65. The molecule has 0 heterocycles. The summed E-state index contributed by atoms with van der Waals surface area (Å²) < 4.78 is 0. The van der Waals surface area contributed by atoms with Crippen LogP contribution in [0.1, 0.15) is 162 Å². The summed E-state index contributed by atoms with van der Waals surface area (Å²) in [7, 11) is 0. The van der Waals surface area contributed by atoms with Gasteiger partial charge in [0.05, 0.1) is 0 Å². The van der Waals surface area contributed by atoms with E-state index in [1.54, 1.807) is 0 Å². The summed E-state index contributed by atoms with van der Waals surface area (Å²) in [5, 5.41) is 0. The number of hydrogen-bond acceptors (Lipinski definition) is 0. The molecule has 0 aromatic carbocycles. The Morgan fingerprint density at radius 1 is 0.400 bits per heavy atom. The van der Waals surface area contributed by atoms with Gasteiger partial charge in [-0.15, -0.1) is 33.2 Å². The van der Waals surface area contributed by atoms with Crippen LogP contribution in [0, 0.1) is 0 Å². The molecule has 30 heavy (non-hydrogen) atoms. The molecule has 0 amide bonds. The van der Waals surface area contributed by atoms with E-state index in [2.05, 4.69) is 13.8 Å². The van der Waals surface area contributed by atoms with Crippen LogP contribution < -0.4 is 0 Å². The van der Waals surface area contributed by atoms with Gasteiger partial charge in [0.15, 0.2) is 0 Å². The summed E-state index contributed by atoms with van der Waals surface area (Å²) in [6, 6.07) is -2.55. The topological polar surface area (TPSA) is 0 Å². The van der Waals surface area contributed by atoms with E-state index in [4.69, 9.17) is 33.2 Å².